The standard InChI is InChI=1S/C16H24FN3O.2ClH/c17-14-5-3-13(4-6-14)12-20-10-7-15(8-11-20)19-16(21)2-1-9-18;;/h3-6,15H,1-2,7-12,18H2,(H,19,21);2*1H. The molecule has 23 heavy (non-hydrogen) atoms. The van der Waals surface area contributed by atoms with Crippen LogP contribution in [0, 0.1) is 5.82 Å². The molecule has 0 unspecified atom stereocenters. The van der Waals surface area contributed by atoms with Crippen LogP contribution >= 0.6 is 24.8 Å². The first-order valence-electron chi connectivity index (χ1n) is 7.63. The van der Waals surface area contributed by atoms with Crippen molar-refractivity contribution in [2.45, 2.75) is 38.3 Å². The van der Waals surface area contributed by atoms with Crippen molar-refractivity contribution in [1.29, 1.82) is 0 Å². The highest BCUT2D eigenvalue weighted by molar-refractivity contribution is 5.85. The second-order valence-corrected chi connectivity index (χ2v) is 5.64. The topological polar surface area (TPSA) is 58.4 Å². The molecule has 1 amide bonds. The van der Waals surface area contributed by atoms with E-state index >= 15 is 0 Å². The molecule has 7 heteroatoms. The van der Waals surface area contributed by atoms with Gasteiger partial charge in [-0.05, 0) is 43.5 Å². The first-order valence-corrected chi connectivity index (χ1v) is 7.63. The first-order chi connectivity index (χ1) is 10.2. The first kappa shape index (κ1) is 22.1. The Morgan fingerprint density at radius 2 is 1.83 bits per heavy atom. The van der Waals surface area contributed by atoms with E-state index in [0.717, 1.165) is 44.5 Å². The number of piperidine rings is 1. The molecule has 0 bridgehead atoms. The smallest absolute Gasteiger partial charge is 0.220 e. The second-order valence-electron chi connectivity index (χ2n) is 5.64. The third-order valence-electron chi connectivity index (χ3n) is 3.88. The van der Waals surface area contributed by atoms with Crippen LogP contribution in [-0.4, -0.2) is 36.5 Å². The zero-order valence-corrected chi connectivity index (χ0v) is 14.8. The van der Waals surface area contributed by atoms with Crippen molar-refractivity contribution in [3.05, 3.63) is 35.6 Å². The molecular weight excluding hydrogens is 340 g/mol. The fourth-order valence-electron chi connectivity index (χ4n) is 2.65. The van der Waals surface area contributed by atoms with Gasteiger partial charge in [-0.2, -0.15) is 0 Å². The van der Waals surface area contributed by atoms with Gasteiger partial charge in [-0.3, -0.25) is 9.69 Å². The van der Waals surface area contributed by atoms with Crippen LogP contribution < -0.4 is 11.1 Å². The number of rotatable bonds is 6. The number of nitrogens with zero attached hydrogens (tertiary/aromatic N) is 1. The second kappa shape index (κ2) is 11.6. The van der Waals surface area contributed by atoms with Gasteiger partial charge in [0.05, 0.1) is 0 Å². The molecule has 2 rings (SSSR count). The van der Waals surface area contributed by atoms with E-state index in [4.69, 9.17) is 5.73 Å². The molecule has 1 fully saturated rings. The lowest BCUT2D eigenvalue weighted by atomic mass is 10.0. The van der Waals surface area contributed by atoms with Crippen molar-refractivity contribution in [3.63, 3.8) is 0 Å². The Morgan fingerprint density at radius 1 is 1.22 bits per heavy atom. The molecule has 0 saturated carbocycles. The minimum absolute atomic E-state index is 0. The summed E-state index contributed by atoms with van der Waals surface area (Å²) in [6.07, 6.45) is 3.20. The number of nitrogens with two attached hydrogens (primary N) is 1. The van der Waals surface area contributed by atoms with Crippen LogP contribution in [0.25, 0.3) is 0 Å². The molecule has 0 atom stereocenters. The summed E-state index contributed by atoms with van der Waals surface area (Å²) in [4.78, 5) is 14.0. The van der Waals surface area contributed by atoms with Crippen LogP contribution in [0.4, 0.5) is 4.39 Å². The normalized spacial score (nSPS) is 15.4. The summed E-state index contributed by atoms with van der Waals surface area (Å²) in [5, 5.41) is 3.07. The molecule has 1 heterocycles. The Kier molecular flexibility index (Phi) is 11.2. The zero-order valence-electron chi connectivity index (χ0n) is 13.2. The molecule has 1 aromatic carbocycles. The summed E-state index contributed by atoms with van der Waals surface area (Å²) in [6, 6.07) is 6.94. The third kappa shape index (κ3) is 7.97. The van der Waals surface area contributed by atoms with Gasteiger partial charge in [-0.1, -0.05) is 12.1 Å². The summed E-state index contributed by atoms with van der Waals surface area (Å²) >= 11 is 0. The number of likely N-dealkylation sites (tertiary alicyclic amines) is 1. The van der Waals surface area contributed by atoms with Crippen LogP contribution in [0.15, 0.2) is 24.3 Å². The van der Waals surface area contributed by atoms with Crippen molar-refractivity contribution in [2.75, 3.05) is 19.6 Å². The molecule has 4 nitrogen and oxygen atoms in total. The summed E-state index contributed by atoms with van der Waals surface area (Å²) in [7, 11) is 0. The van der Waals surface area contributed by atoms with E-state index in [1.54, 1.807) is 0 Å². The molecule has 1 aliphatic rings. The lowest BCUT2D eigenvalue weighted by Gasteiger charge is -2.32. The van der Waals surface area contributed by atoms with E-state index < -0.39 is 0 Å². The maximum atomic E-state index is 12.9. The fourth-order valence-corrected chi connectivity index (χ4v) is 2.65. The lowest BCUT2D eigenvalue weighted by Crippen LogP contribution is -2.44. The van der Waals surface area contributed by atoms with E-state index in [9.17, 15) is 9.18 Å². The molecule has 3 N–H and O–H groups in total. The molecule has 1 saturated heterocycles. The van der Waals surface area contributed by atoms with Gasteiger partial charge in [0.15, 0.2) is 0 Å². The van der Waals surface area contributed by atoms with Crippen molar-refractivity contribution in [3.8, 4) is 0 Å². The third-order valence-corrected chi connectivity index (χ3v) is 3.88. The Morgan fingerprint density at radius 3 is 2.39 bits per heavy atom. The SMILES string of the molecule is Cl.Cl.NCCCC(=O)NC1CCN(Cc2ccc(F)cc2)CC1. The Bertz CT molecular complexity index is 451. The maximum Gasteiger partial charge on any atom is 0.220 e. The quantitative estimate of drug-likeness (QED) is 0.813. The minimum Gasteiger partial charge on any atom is -0.353 e. The van der Waals surface area contributed by atoms with Gasteiger partial charge in [-0.25, -0.2) is 4.39 Å². The van der Waals surface area contributed by atoms with Crippen molar-refractivity contribution in [2.24, 2.45) is 5.73 Å². The number of carbonyl (C=O) groups excluding carboxylic acids is 1. The van der Waals surface area contributed by atoms with E-state index in [0.29, 0.717) is 13.0 Å². The van der Waals surface area contributed by atoms with E-state index in [-0.39, 0.29) is 42.6 Å². The largest absolute Gasteiger partial charge is 0.353 e. The van der Waals surface area contributed by atoms with Gasteiger partial charge in [0, 0.05) is 32.1 Å². The Hall–Kier alpha value is -0.880. The fraction of sp³-hybridized carbons (Fsp3) is 0.562. The van der Waals surface area contributed by atoms with Gasteiger partial charge < -0.3 is 11.1 Å². The lowest BCUT2D eigenvalue weighted by molar-refractivity contribution is -0.122. The zero-order chi connectivity index (χ0) is 15.1. The van der Waals surface area contributed by atoms with Crippen LogP contribution in [0.3, 0.4) is 0 Å². The number of amides is 1. The molecule has 0 radical (unpaired) electrons. The van der Waals surface area contributed by atoms with Crippen LogP contribution in [0.1, 0.15) is 31.2 Å². The maximum absolute atomic E-state index is 12.9. The summed E-state index contributed by atoms with van der Waals surface area (Å²) in [6.45, 7) is 3.32. The van der Waals surface area contributed by atoms with Gasteiger partial charge >= 0.3 is 0 Å². The molecule has 0 aromatic heterocycles. The van der Waals surface area contributed by atoms with E-state index in [1.807, 2.05) is 12.1 Å². The summed E-state index contributed by atoms with van der Waals surface area (Å²) < 4.78 is 12.9. The number of halogens is 3. The molecule has 0 aliphatic carbocycles. The van der Waals surface area contributed by atoms with Crippen LogP contribution in [0.5, 0.6) is 0 Å². The molecular formula is C16H26Cl2FN3O. The molecule has 132 valence electrons. The van der Waals surface area contributed by atoms with Gasteiger partial charge in [0.2, 0.25) is 5.91 Å². The number of nitrogens with one attached hydrogen (secondary N) is 1. The van der Waals surface area contributed by atoms with Crippen LogP contribution in [0.2, 0.25) is 0 Å². The molecule has 1 aromatic rings. The highest BCUT2D eigenvalue weighted by atomic mass is 35.5. The highest BCUT2D eigenvalue weighted by Gasteiger charge is 2.20. The number of hydrogen-bond acceptors (Lipinski definition) is 3. The van der Waals surface area contributed by atoms with Gasteiger partial charge in [-0.15, -0.1) is 24.8 Å². The number of carbonyl (C=O) groups is 1. The number of benzene rings is 1. The average molecular weight is 366 g/mol. The highest BCUT2D eigenvalue weighted by Crippen LogP contribution is 2.14. The van der Waals surface area contributed by atoms with E-state index in [2.05, 4.69) is 10.2 Å². The predicted molar refractivity (Wildman–Crippen MR) is 95.6 cm³/mol. The Balaban J connectivity index is 0.00000242. The van der Waals surface area contributed by atoms with Crippen molar-refractivity contribution >= 4 is 30.7 Å². The Labute approximate surface area is 149 Å². The average Bonchev–Trinajstić information content (AvgIpc) is 2.49. The number of hydrogen-bond donors (Lipinski definition) is 2. The van der Waals surface area contributed by atoms with E-state index in [1.165, 1.54) is 12.1 Å². The minimum atomic E-state index is -0.197. The monoisotopic (exact) mass is 365 g/mol. The van der Waals surface area contributed by atoms with Crippen molar-refractivity contribution < 1.29 is 9.18 Å². The summed E-state index contributed by atoms with van der Waals surface area (Å²) in [5.41, 5.74) is 6.53. The van der Waals surface area contributed by atoms with Crippen LogP contribution in [-0.2, 0) is 11.3 Å². The van der Waals surface area contributed by atoms with Gasteiger partial charge in [0.1, 0.15) is 5.82 Å². The molecule has 1 aliphatic heterocycles. The van der Waals surface area contributed by atoms with Crippen molar-refractivity contribution in [1.82, 2.24) is 10.2 Å². The van der Waals surface area contributed by atoms with Gasteiger partial charge in [0.25, 0.3) is 0 Å². The predicted octanol–water partition coefficient (Wildman–Crippen LogP) is 2.49. The summed E-state index contributed by atoms with van der Waals surface area (Å²) in [5.74, 6) is -0.0879. The molecule has 0 spiro atoms.